The van der Waals surface area contributed by atoms with Crippen LogP contribution in [0.15, 0.2) is 40.4 Å². The van der Waals surface area contributed by atoms with Crippen molar-refractivity contribution in [2.75, 3.05) is 45.9 Å². The summed E-state index contributed by atoms with van der Waals surface area (Å²) < 4.78 is 19.1. The Hall–Kier alpha value is -2.49. The van der Waals surface area contributed by atoms with Crippen LogP contribution < -0.4 is 16.8 Å². The molecule has 0 aromatic rings. The second-order valence-electron chi connectivity index (χ2n) is 15.7. The Kier molecular flexibility index (Phi) is 13.2. The van der Waals surface area contributed by atoms with E-state index in [1.807, 2.05) is 0 Å². The average molecular weight is 683 g/mol. The number of rotatable bonds is 16. The fourth-order valence-electron chi connectivity index (χ4n) is 8.91. The number of ether oxygens (including phenoxy) is 1. The summed E-state index contributed by atoms with van der Waals surface area (Å²) in [4.78, 5) is 18.7. The molecule has 2 saturated heterocycles. The number of carbonyl (C=O) groups excluding carboxylic acids is 1. The number of likely N-dealkylation sites (tertiary alicyclic amines) is 1. The summed E-state index contributed by atoms with van der Waals surface area (Å²) in [6, 6.07) is 0. The minimum absolute atomic E-state index is 0.0210. The average Bonchev–Trinajstić information content (AvgIpc) is 3.82. The van der Waals surface area contributed by atoms with Crippen molar-refractivity contribution in [1.29, 1.82) is 5.41 Å². The van der Waals surface area contributed by atoms with Gasteiger partial charge in [-0.05, 0) is 80.3 Å². The molecule has 49 heavy (non-hydrogen) atoms. The van der Waals surface area contributed by atoms with E-state index in [0.29, 0.717) is 25.6 Å². The maximum absolute atomic E-state index is 14.2. The van der Waals surface area contributed by atoms with Gasteiger partial charge in [0.25, 0.3) is 0 Å². The zero-order valence-electron chi connectivity index (χ0n) is 30.3. The molecule has 274 valence electrons. The number of halogens is 1. The maximum atomic E-state index is 14.2. The highest BCUT2D eigenvalue weighted by molar-refractivity contribution is 6.05. The van der Waals surface area contributed by atoms with Crippen LogP contribution in [0.1, 0.15) is 97.8 Å². The number of nitrogens with two attached hydrogens (primary N) is 2. The minimum Gasteiger partial charge on any atom is -0.387 e. The van der Waals surface area contributed by atoms with Crippen LogP contribution in [-0.2, 0) is 9.53 Å². The zero-order valence-corrected chi connectivity index (χ0v) is 30.3. The third-order valence-electron chi connectivity index (χ3n) is 12.2. The van der Waals surface area contributed by atoms with Gasteiger partial charge in [-0.3, -0.25) is 15.1 Å². The molecule has 0 spiro atoms. The van der Waals surface area contributed by atoms with E-state index in [1.54, 1.807) is 0 Å². The first-order valence-corrected chi connectivity index (χ1v) is 19.2. The molecule has 5 rings (SSSR count). The van der Waals surface area contributed by atoms with Gasteiger partial charge in [0.15, 0.2) is 0 Å². The number of aliphatic hydroxyl groups excluding tert-OH is 1. The van der Waals surface area contributed by atoms with Crippen LogP contribution in [0.3, 0.4) is 0 Å². The van der Waals surface area contributed by atoms with E-state index in [2.05, 4.69) is 53.8 Å². The zero-order chi connectivity index (χ0) is 35.1. The number of piperidine rings is 1. The predicted octanol–water partition coefficient (Wildman–Crippen LogP) is 5.37. The predicted molar refractivity (Wildman–Crippen MR) is 193 cm³/mol. The summed E-state index contributed by atoms with van der Waals surface area (Å²) in [5, 5.41) is 23.0. The van der Waals surface area contributed by atoms with Gasteiger partial charge in [-0.15, -0.1) is 0 Å². The number of amides is 1. The topological polar surface area (TPSA) is 141 Å². The summed E-state index contributed by atoms with van der Waals surface area (Å²) in [7, 11) is 0. The quantitative estimate of drug-likeness (QED) is 0.0638. The van der Waals surface area contributed by atoms with E-state index in [4.69, 9.17) is 21.6 Å². The summed E-state index contributed by atoms with van der Waals surface area (Å²) in [5.41, 5.74) is 19.3. The van der Waals surface area contributed by atoms with Crippen LogP contribution in [0.2, 0.25) is 0 Å². The molecule has 1 amide bonds. The lowest BCUT2D eigenvalue weighted by molar-refractivity contribution is -0.121. The number of allylic oxidation sites excluding steroid dienone is 2. The lowest BCUT2D eigenvalue weighted by Crippen LogP contribution is -2.49. The van der Waals surface area contributed by atoms with Crippen LogP contribution in [0.5, 0.6) is 0 Å². The lowest BCUT2D eigenvalue weighted by Gasteiger charge is -2.41. The first-order valence-electron chi connectivity index (χ1n) is 19.2. The highest BCUT2D eigenvalue weighted by Gasteiger charge is 2.45. The van der Waals surface area contributed by atoms with Crippen LogP contribution in [-0.4, -0.2) is 85.0 Å². The van der Waals surface area contributed by atoms with Gasteiger partial charge in [0.05, 0.1) is 18.9 Å². The molecular formula is C39H63FN6O3. The Morgan fingerprint density at radius 2 is 1.92 bits per heavy atom. The number of fused-ring (bicyclic) bond motifs is 1. The Bertz CT molecular complexity index is 1300. The third kappa shape index (κ3) is 9.25. The first-order chi connectivity index (χ1) is 23.6. The smallest absolute Gasteiger partial charge is 0.239 e. The van der Waals surface area contributed by atoms with E-state index in [-0.39, 0.29) is 41.5 Å². The van der Waals surface area contributed by atoms with Gasteiger partial charge in [-0.2, -0.15) is 0 Å². The molecule has 0 aromatic carbocycles. The fourth-order valence-corrected chi connectivity index (χ4v) is 8.91. The molecule has 2 aliphatic heterocycles. The van der Waals surface area contributed by atoms with Crippen LogP contribution in [0.4, 0.5) is 4.39 Å². The molecule has 7 N–H and O–H groups in total. The van der Waals surface area contributed by atoms with E-state index >= 15 is 0 Å². The lowest BCUT2D eigenvalue weighted by atomic mass is 9.67. The normalized spacial score (nSPS) is 28.9. The Balaban J connectivity index is 1.27. The second-order valence-corrected chi connectivity index (χ2v) is 15.7. The van der Waals surface area contributed by atoms with E-state index < -0.39 is 18.3 Å². The summed E-state index contributed by atoms with van der Waals surface area (Å²) in [6.07, 6.45) is 14.4. The van der Waals surface area contributed by atoms with Gasteiger partial charge < -0.3 is 31.5 Å². The summed E-state index contributed by atoms with van der Waals surface area (Å²) >= 11 is 0. The molecule has 7 atom stereocenters. The number of hydrogen-bond donors (Lipinski definition) is 5. The second kappa shape index (κ2) is 17.1. The number of nitrogens with one attached hydrogen (secondary N) is 2. The van der Waals surface area contributed by atoms with Crippen molar-refractivity contribution in [3.8, 4) is 0 Å². The fraction of sp³-hybridized carbons (Fsp3) is 0.769. The SMILES string of the molecule is CCC1=C(C(C(=N)N)C(=O)NC2=CC3CCCCC3(C)C=C=C2N2CCC(C(O)N3CCOCC3)CC2)C1CCCC(C)CCC(F)CN. The molecule has 9 nitrogen and oxygen atoms in total. The van der Waals surface area contributed by atoms with E-state index in [9.17, 15) is 14.3 Å². The van der Waals surface area contributed by atoms with Gasteiger partial charge in [0.2, 0.25) is 5.91 Å². The minimum atomic E-state index is -0.929. The molecule has 0 bridgehead atoms. The summed E-state index contributed by atoms with van der Waals surface area (Å²) in [5.74, 6) is -0.0282. The molecule has 3 aliphatic carbocycles. The van der Waals surface area contributed by atoms with Crippen LogP contribution in [0, 0.1) is 40.4 Å². The molecule has 3 fully saturated rings. The number of alkyl halides is 1. The summed E-state index contributed by atoms with van der Waals surface area (Å²) in [6.45, 7) is 11.1. The van der Waals surface area contributed by atoms with Gasteiger partial charge >= 0.3 is 0 Å². The number of morpholine rings is 1. The Morgan fingerprint density at radius 3 is 2.59 bits per heavy atom. The number of aliphatic hydroxyl groups is 1. The van der Waals surface area contributed by atoms with Gasteiger partial charge in [-0.1, -0.05) is 63.8 Å². The molecule has 5 aliphatic rings. The van der Waals surface area contributed by atoms with Gasteiger partial charge in [0, 0.05) is 44.6 Å². The monoisotopic (exact) mass is 682 g/mol. The largest absolute Gasteiger partial charge is 0.387 e. The van der Waals surface area contributed by atoms with Crippen LogP contribution in [0.25, 0.3) is 0 Å². The van der Waals surface area contributed by atoms with Crippen molar-refractivity contribution in [2.24, 2.45) is 46.5 Å². The number of hydrogen-bond acceptors (Lipinski definition) is 7. The van der Waals surface area contributed by atoms with Crippen molar-refractivity contribution in [3.63, 3.8) is 0 Å². The van der Waals surface area contributed by atoms with E-state index in [0.717, 1.165) is 107 Å². The van der Waals surface area contributed by atoms with Crippen molar-refractivity contribution in [2.45, 2.75) is 110 Å². The molecule has 2 heterocycles. The number of nitrogens with zero attached hydrogens (tertiary/aromatic N) is 2. The van der Waals surface area contributed by atoms with Crippen LogP contribution >= 0.6 is 0 Å². The standard InChI is InChI=1S/C39H63FN6O3/c1-4-30-31(10-7-8-26(2)11-12-29(40)25-41)34(30)35(36(42)43)37(47)44-32-24-28-9-5-6-16-39(28,3)17-13-33(32)45-18-14-27(15-19-45)38(48)46-20-22-49-23-21-46/h17,24,26-29,31,35,38,48H,4-12,14-16,18-23,25,41H2,1-3H3,(H3,42,43)(H,44,47). The molecule has 10 heteroatoms. The molecule has 1 saturated carbocycles. The Labute approximate surface area is 293 Å². The molecular weight excluding hydrogens is 619 g/mol. The Morgan fingerprint density at radius 1 is 1.18 bits per heavy atom. The van der Waals surface area contributed by atoms with E-state index in [1.165, 1.54) is 12.0 Å². The number of carbonyl (C=O) groups is 1. The van der Waals surface area contributed by atoms with Crippen molar-refractivity contribution < 1.29 is 19.0 Å². The van der Waals surface area contributed by atoms with Gasteiger partial charge in [-0.25, -0.2) is 4.39 Å². The highest BCUT2D eigenvalue weighted by Crippen LogP contribution is 2.50. The van der Waals surface area contributed by atoms with Gasteiger partial charge in [0.1, 0.15) is 29.9 Å². The molecule has 0 aromatic heterocycles. The third-order valence-corrected chi connectivity index (χ3v) is 12.2. The number of amidine groups is 1. The van der Waals surface area contributed by atoms with Crippen molar-refractivity contribution in [3.05, 3.63) is 40.4 Å². The van der Waals surface area contributed by atoms with Crippen molar-refractivity contribution in [1.82, 2.24) is 15.1 Å². The molecule has 7 unspecified atom stereocenters. The van der Waals surface area contributed by atoms with Crippen molar-refractivity contribution >= 4 is 11.7 Å². The maximum Gasteiger partial charge on any atom is 0.239 e. The molecule has 0 radical (unpaired) electrons. The highest BCUT2D eigenvalue weighted by atomic mass is 19.1. The first kappa shape index (κ1) is 37.8.